The van der Waals surface area contributed by atoms with E-state index in [-0.39, 0.29) is 6.10 Å². The van der Waals surface area contributed by atoms with E-state index in [4.69, 9.17) is 0 Å². The third kappa shape index (κ3) is 6.17. The Morgan fingerprint density at radius 1 is 1.00 bits per heavy atom. The summed E-state index contributed by atoms with van der Waals surface area (Å²) < 4.78 is 0. The van der Waals surface area contributed by atoms with Gasteiger partial charge < -0.3 is 10.0 Å². The minimum absolute atomic E-state index is 0.0677. The molecule has 0 unspecified atom stereocenters. The molecular weight excluding hydrogens is 224 g/mol. The van der Waals surface area contributed by atoms with Crippen molar-refractivity contribution in [1.82, 2.24) is 9.80 Å². The van der Waals surface area contributed by atoms with Crippen LogP contribution in [0.3, 0.4) is 0 Å². The van der Waals surface area contributed by atoms with Crippen LogP contribution in [0.2, 0.25) is 0 Å². The summed E-state index contributed by atoms with van der Waals surface area (Å²) in [4.78, 5) is 5.10. The van der Waals surface area contributed by atoms with E-state index in [0.29, 0.717) is 6.04 Å². The number of piperazine rings is 1. The molecule has 1 heterocycles. The Morgan fingerprint density at radius 2 is 1.61 bits per heavy atom. The molecule has 0 aromatic carbocycles. The van der Waals surface area contributed by atoms with E-state index in [2.05, 4.69) is 30.6 Å². The SMILES string of the molecule is CCCC[C@H](O)CCCN1CCN(C(C)C)CC1. The monoisotopic (exact) mass is 256 g/mol. The van der Waals surface area contributed by atoms with Crippen LogP contribution in [-0.4, -0.2) is 59.8 Å². The van der Waals surface area contributed by atoms with E-state index in [9.17, 15) is 5.11 Å². The number of hydrogen-bond acceptors (Lipinski definition) is 3. The van der Waals surface area contributed by atoms with Gasteiger partial charge in [-0.1, -0.05) is 19.8 Å². The smallest absolute Gasteiger partial charge is 0.0540 e. The molecule has 3 heteroatoms. The lowest BCUT2D eigenvalue weighted by Crippen LogP contribution is -2.48. The topological polar surface area (TPSA) is 26.7 Å². The highest BCUT2D eigenvalue weighted by molar-refractivity contribution is 4.74. The first-order chi connectivity index (χ1) is 8.63. The lowest BCUT2D eigenvalue weighted by Gasteiger charge is -2.37. The summed E-state index contributed by atoms with van der Waals surface area (Å²) in [5.41, 5.74) is 0. The van der Waals surface area contributed by atoms with Gasteiger partial charge in [-0.15, -0.1) is 0 Å². The van der Waals surface area contributed by atoms with Crippen LogP contribution in [0.1, 0.15) is 52.9 Å². The maximum absolute atomic E-state index is 9.80. The zero-order valence-electron chi connectivity index (χ0n) is 12.6. The van der Waals surface area contributed by atoms with Crippen LogP contribution >= 0.6 is 0 Å². The van der Waals surface area contributed by atoms with Crippen LogP contribution < -0.4 is 0 Å². The zero-order valence-corrected chi connectivity index (χ0v) is 12.6. The van der Waals surface area contributed by atoms with Crippen LogP contribution in [0.25, 0.3) is 0 Å². The van der Waals surface area contributed by atoms with E-state index in [1.807, 2.05) is 0 Å². The maximum Gasteiger partial charge on any atom is 0.0540 e. The standard InChI is InChI=1S/C15H32N2O/c1-4-5-7-15(18)8-6-9-16-10-12-17(13-11-16)14(2)3/h14-15,18H,4-13H2,1-3H3/t15-/m0/s1. The third-order valence-electron chi connectivity index (χ3n) is 4.04. The normalized spacial score (nSPS) is 20.5. The number of aliphatic hydroxyl groups excluding tert-OH is 1. The molecule has 1 fully saturated rings. The summed E-state index contributed by atoms with van der Waals surface area (Å²) in [5, 5.41) is 9.80. The Morgan fingerprint density at radius 3 is 2.17 bits per heavy atom. The van der Waals surface area contributed by atoms with E-state index in [1.165, 1.54) is 32.6 Å². The highest BCUT2D eigenvalue weighted by Crippen LogP contribution is 2.10. The molecule has 0 aromatic rings. The van der Waals surface area contributed by atoms with Gasteiger partial charge in [0, 0.05) is 32.2 Å². The van der Waals surface area contributed by atoms with Gasteiger partial charge >= 0.3 is 0 Å². The van der Waals surface area contributed by atoms with Crippen molar-refractivity contribution in [2.24, 2.45) is 0 Å². The zero-order chi connectivity index (χ0) is 13.4. The van der Waals surface area contributed by atoms with Crippen LogP contribution in [0.4, 0.5) is 0 Å². The molecule has 1 N–H and O–H groups in total. The van der Waals surface area contributed by atoms with Crippen LogP contribution in [-0.2, 0) is 0 Å². The van der Waals surface area contributed by atoms with Crippen molar-refractivity contribution < 1.29 is 5.11 Å². The van der Waals surface area contributed by atoms with Crippen molar-refractivity contribution in [3.63, 3.8) is 0 Å². The average molecular weight is 256 g/mol. The van der Waals surface area contributed by atoms with Gasteiger partial charge in [0.25, 0.3) is 0 Å². The number of nitrogens with zero attached hydrogens (tertiary/aromatic N) is 2. The largest absolute Gasteiger partial charge is 0.393 e. The summed E-state index contributed by atoms with van der Waals surface area (Å²) >= 11 is 0. The lowest BCUT2D eigenvalue weighted by molar-refractivity contribution is 0.0986. The molecular formula is C15H32N2O. The van der Waals surface area contributed by atoms with E-state index in [1.54, 1.807) is 0 Å². The van der Waals surface area contributed by atoms with E-state index >= 15 is 0 Å². The summed E-state index contributed by atoms with van der Waals surface area (Å²) in [5.74, 6) is 0. The van der Waals surface area contributed by atoms with Crippen molar-refractivity contribution in [1.29, 1.82) is 0 Å². The van der Waals surface area contributed by atoms with Gasteiger partial charge in [-0.05, 0) is 39.7 Å². The van der Waals surface area contributed by atoms with Crippen molar-refractivity contribution >= 4 is 0 Å². The van der Waals surface area contributed by atoms with Crippen molar-refractivity contribution in [3.05, 3.63) is 0 Å². The minimum Gasteiger partial charge on any atom is -0.393 e. The van der Waals surface area contributed by atoms with Crippen LogP contribution in [0, 0.1) is 0 Å². The second-order valence-electron chi connectivity index (χ2n) is 5.91. The Bertz CT molecular complexity index is 201. The second-order valence-corrected chi connectivity index (χ2v) is 5.91. The molecule has 18 heavy (non-hydrogen) atoms. The molecule has 108 valence electrons. The van der Waals surface area contributed by atoms with Crippen molar-refractivity contribution in [2.75, 3.05) is 32.7 Å². The van der Waals surface area contributed by atoms with Gasteiger partial charge in [0.15, 0.2) is 0 Å². The van der Waals surface area contributed by atoms with E-state index < -0.39 is 0 Å². The highest BCUT2D eigenvalue weighted by Gasteiger charge is 2.18. The molecule has 1 aliphatic heterocycles. The number of aliphatic hydroxyl groups is 1. The fourth-order valence-electron chi connectivity index (χ4n) is 2.64. The summed E-state index contributed by atoms with van der Waals surface area (Å²) in [6, 6.07) is 0.683. The molecule has 0 radical (unpaired) electrons. The molecule has 0 saturated carbocycles. The van der Waals surface area contributed by atoms with Gasteiger partial charge in [-0.3, -0.25) is 4.90 Å². The Hall–Kier alpha value is -0.120. The molecule has 0 amide bonds. The van der Waals surface area contributed by atoms with Crippen LogP contribution in [0.5, 0.6) is 0 Å². The molecule has 1 aliphatic rings. The van der Waals surface area contributed by atoms with Gasteiger partial charge in [-0.25, -0.2) is 0 Å². The number of hydrogen-bond donors (Lipinski definition) is 1. The molecule has 3 nitrogen and oxygen atoms in total. The van der Waals surface area contributed by atoms with Gasteiger partial charge in [-0.2, -0.15) is 0 Å². The Kier molecular flexibility index (Phi) is 7.87. The predicted octanol–water partition coefficient (Wildman–Crippen LogP) is 2.34. The quantitative estimate of drug-likeness (QED) is 0.722. The predicted molar refractivity (Wildman–Crippen MR) is 77.9 cm³/mol. The fraction of sp³-hybridized carbons (Fsp3) is 1.00. The molecule has 1 rings (SSSR count). The van der Waals surface area contributed by atoms with Gasteiger partial charge in [0.2, 0.25) is 0 Å². The van der Waals surface area contributed by atoms with Crippen molar-refractivity contribution in [2.45, 2.75) is 65.0 Å². The number of unbranched alkanes of at least 4 members (excludes halogenated alkanes) is 1. The first kappa shape index (κ1) is 15.9. The first-order valence-corrected chi connectivity index (χ1v) is 7.78. The molecule has 1 saturated heterocycles. The van der Waals surface area contributed by atoms with E-state index in [0.717, 1.165) is 32.2 Å². The molecule has 0 aliphatic carbocycles. The summed E-state index contributed by atoms with van der Waals surface area (Å²) in [7, 11) is 0. The second kappa shape index (κ2) is 8.89. The fourth-order valence-corrected chi connectivity index (χ4v) is 2.64. The summed E-state index contributed by atoms with van der Waals surface area (Å²) in [6.07, 6.45) is 5.39. The Balaban J connectivity index is 2.04. The lowest BCUT2D eigenvalue weighted by atomic mass is 10.1. The molecule has 1 atom stereocenters. The molecule has 0 aromatic heterocycles. The average Bonchev–Trinajstić information content (AvgIpc) is 2.37. The third-order valence-corrected chi connectivity index (χ3v) is 4.04. The van der Waals surface area contributed by atoms with Crippen LogP contribution in [0.15, 0.2) is 0 Å². The van der Waals surface area contributed by atoms with Gasteiger partial charge in [0.1, 0.15) is 0 Å². The highest BCUT2D eigenvalue weighted by atomic mass is 16.3. The number of rotatable bonds is 8. The Labute approximate surface area is 113 Å². The van der Waals surface area contributed by atoms with Gasteiger partial charge in [0.05, 0.1) is 6.10 Å². The van der Waals surface area contributed by atoms with Crippen molar-refractivity contribution in [3.8, 4) is 0 Å². The first-order valence-electron chi connectivity index (χ1n) is 7.78. The molecule has 0 spiro atoms. The minimum atomic E-state index is -0.0677. The maximum atomic E-state index is 9.80. The molecule has 0 bridgehead atoms. The summed E-state index contributed by atoms with van der Waals surface area (Å²) in [6.45, 7) is 12.7.